The first kappa shape index (κ1) is 17.5. The monoisotopic (exact) mass is 367 g/mol. The van der Waals surface area contributed by atoms with Crippen LogP contribution in [-0.4, -0.2) is 16.8 Å². The van der Waals surface area contributed by atoms with Gasteiger partial charge in [0, 0.05) is 35.1 Å². The zero-order valence-electron chi connectivity index (χ0n) is 15.0. The number of carbonyl (C=O) groups is 2. The Morgan fingerprint density at radius 1 is 1.00 bits per heavy atom. The summed E-state index contributed by atoms with van der Waals surface area (Å²) in [4.78, 5) is 28.2. The number of hydrogen-bond acceptors (Lipinski definition) is 3. The molecule has 2 amide bonds. The van der Waals surface area contributed by atoms with Crippen LogP contribution in [0, 0.1) is 11.8 Å². The van der Waals surface area contributed by atoms with Crippen molar-refractivity contribution in [2.75, 3.05) is 10.6 Å². The van der Waals surface area contributed by atoms with Gasteiger partial charge in [-0.25, -0.2) is 4.98 Å². The molecule has 2 aromatic carbocycles. The fraction of sp³-hybridized carbons (Fsp3) is 0.0870. The molecule has 5 nitrogen and oxygen atoms in total. The van der Waals surface area contributed by atoms with Gasteiger partial charge in [0.1, 0.15) is 5.69 Å². The topological polar surface area (TPSA) is 71.1 Å². The molecule has 2 heterocycles. The largest absolute Gasteiger partial charge is 0.326 e. The summed E-state index contributed by atoms with van der Waals surface area (Å²) in [5, 5.41) is 5.74. The molecule has 0 aliphatic carbocycles. The molecule has 0 saturated carbocycles. The Kier molecular flexibility index (Phi) is 4.85. The number of anilines is 2. The summed E-state index contributed by atoms with van der Waals surface area (Å²) >= 11 is 0. The van der Waals surface area contributed by atoms with Gasteiger partial charge in [-0.05, 0) is 66.4 Å². The second kappa shape index (κ2) is 7.77. The molecule has 0 saturated heterocycles. The van der Waals surface area contributed by atoms with Crippen LogP contribution in [-0.2, 0) is 11.2 Å². The van der Waals surface area contributed by atoms with E-state index in [1.165, 1.54) is 0 Å². The zero-order valence-corrected chi connectivity index (χ0v) is 15.0. The Morgan fingerprint density at radius 2 is 1.93 bits per heavy atom. The first-order valence-electron chi connectivity index (χ1n) is 8.95. The van der Waals surface area contributed by atoms with E-state index in [1.54, 1.807) is 30.5 Å². The molecule has 3 aromatic rings. The Morgan fingerprint density at radius 3 is 2.79 bits per heavy atom. The summed E-state index contributed by atoms with van der Waals surface area (Å²) in [6.07, 6.45) is 2.82. The number of nitrogens with zero attached hydrogens (tertiary/aromatic N) is 1. The van der Waals surface area contributed by atoms with Crippen molar-refractivity contribution < 1.29 is 9.59 Å². The molecular weight excluding hydrogens is 350 g/mol. The summed E-state index contributed by atoms with van der Waals surface area (Å²) in [5.41, 5.74) is 4.47. The molecular formula is C23H17N3O2. The molecule has 1 aliphatic rings. The van der Waals surface area contributed by atoms with Crippen LogP contribution in [0.1, 0.15) is 33.6 Å². The lowest BCUT2D eigenvalue weighted by atomic mass is 10.0. The fourth-order valence-electron chi connectivity index (χ4n) is 2.98. The third-order valence-electron chi connectivity index (χ3n) is 4.38. The lowest BCUT2D eigenvalue weighted by Crippen LogP contribution is -2.19. The maximum absolute atomic E-state index is 12.6. The predicted octanol–water partition coefficient (Wildman–Crippen LogP) is 3.62. The van der Waals surface area contributed by atoms with E-state index in [2.05, 4.69) is 27.5 Å². The average Bonchev–Trinajstić information content (AvgIpc) is 2.73. The van der Waals surface area contributed by atoms with Gasteiger partial charge in [-0.2, -0.15) is 0 Å². The van der Waals surface area contributed by atoms with Gasteiger partial charge >= 0.3 is 0 Å². The molecule has 4 rings (SSSR count). The number of amides is 2. The van der Waals surface area contributed by atoms with Crippen molar-refractivity contribution >= 4 is 23.2 Å². The number of hydrogen-bond donors (Lipinski definition) is 2. The van der Waals surface area contributed by atoms with Crippen LogP contribution in [0.3, 0.4) is 0 Å². The fourth-order valence-corrected chi connectivity index (χ4v) is 2.98. The highest BCUT2D eigenvalue weighted by atomic mass is 16.2. The molecule has 2 N–H and O–H groups in total. The Labute approximate surface area is 162 Å². The summed E-state index contributed by atoms with van der Waals surface area (Å²) < 4.78 is 0. The average molecular weight is 367 g/mol. The molecule has 5 heteroatoms. The minimum Gasteiger partial charge on any atom is -0.326 e. The first-order valence-corrected chi connectivity index (χ1v) is 8.95. The van der Waals surface area contributed by atoms with Crippen molar-refractivity contribution in [2.45, 2.75) is 12.8 Å². The van der Waals surface area contributed by atoms with E-state index < -0.39 is 0 Å². The zero-order chi connectivity index (χ0) is 19.3. The molecule has 0 radical (unpaired) electrons. The van der Waals surface area contributed by atoms with E-state index in [4.69, 9.17) is 0 Å². The lowest BCUT2D eigenvalue weighted by molar-refractivity contribution is -0.116. The maximum atomic E-state index is 12.6. The molecule has 1 aromatic heterocycles. The number of rotatable bonds is 2. The molecule has 0 atom stereocenters. The van der Waals surface area contributed by atoms with E-state index in [-0.39, 0.29) is 11.8 Å². The highest BCUT2D eigenvalue weighted by molar-refractivity contribution is 6.05. The van der Waals surface area contributed by atoms with Crippen LogP contribution >= 0.6 is 0 Å². The van der Waals surface area contributed by atoms with Gasteiger partial charge in [0.15, 0.2) is 0 Å². The normalized spacial score (nSPS) is 12.2. The molecule has 1 aliphatic heterocycles. The van der Waals surface area contributed by atoms with Crippen molar-refractivity contribution in [2.24, 2.45) is 0 Å². The quantitative estimate of drug-likeness (QED) is 0.680. The maximum Gasteiger partial charge on any atom is 0.255 e. The summed E-state index contributed by atoms with van der Waals surface area (Å²) in [6, 6.07) is 18.2. The van der Waals surface area contributed by atoms with E-state index >= 15 is 0 Å². The molecule has 0 bridgehead atoms. The summed E-state index contributed by atoms with van der Waals surface area (Å²) in [7, 11) is 0. The number of aryl methyl sites for hydroxylation is 1. The van der Waals surface area contributed by atoms with Crippen molar-refractivity contribution in [3.63, 3.8) is 0 Å². The molecule has 136 valence electrons. The van der Waals surface area contributed by atoms with Crippen LogP contribution in [0.15, 0.2) is 66.9 Å². The van der Waals surface area contributed by atoms with Crippen molar-refractivity contribution in [1.29, 1.82) is 0 Å². The Hall–Kier alpha value is -3.91. The Bertz CT molecular complexity index is 1110. The van der Waals surface area contributed by atoms with Crippen LogP contribution in [0.5, 0.6) is 0 Å². The van der Waals surface area contributed by atoms with E-state index in [0.717, 1.165) is 16.8 Å². The van der Waals surface area contributed by atoms with Crippen molar-refractivity contribution in [3.8, 4) is 11.8 Å². The highest BCUT2D eigenvalue weighted by Gasteiger charge is 2.15. The number of aromatic nitrogens is 1. The lowest BCUT2D eigenvalue weighted by Gasteiger charge is -2.17. The minimum atomic E-state index is -0.207. The molecule has 0 fully saturated rings. The van der Waals surface area contributed by atoms with Gasteiger partial charge in [-0.1, -0.05) is 18.1 Å². The minimum absolute atomic E-state index is 0.0212. The third-order valence-corrected chi connectivity index (χ3v) is 4.38. The first-order chi connectivity index (χ1) is 13.7. The van der Waals surface area contributed by atoms with Crippen LogP contribution in [0.25, 0.3) is 0 Å². The van der Waals surface area contributed by atoms with Crippen molar-refractivity contribution in [3.05, 3.63) is 89.2 Å². The highest BCUT2D eigenvalue weighted by Crippen LogP contribution is 2.26. The summed E-state index contributed by atoms with van der Waals surface area (Å²) in [6.45, 7) is 0. The van der Waals surface area contributed by atoms with Gasteiger partial charge in [0.25, 0.3) is 5.91 Å². The number of pyridine rings is 1. The van der Waals surface area contributed by atoms with Crippen LogP contribution < -0.4 is 10.6 Å². The molecule has 0 unspecified atom stereocenters. The number of benzene rings is 2. The van der Waals surface area contributed by atoms with Gasteiger partial charge in [0.2, 0.25) is 5.91 Å². The van der Waals surface area contributed by atoms with E-state index in [9.17, 15) is 9.59 Å². The van der Waals surface area contributed by atoms with Crippen LogP contribution in [0.2, 0.25) is 0 Å². The van der Waals surface area contributed by atoms with Gasteiger partial charge in [-0.3, -0.25) is 9.59 Å². The predicted molar refractivity (Wildman–Crippen MR) is 108 cm³/mol. The second-order valence-corrected chi connectivity index (χ2v) is 6.42. The smallest absolute Gasteiger partial charge is 0.255 e. The van der Waals surface area contributed by atoms with Crippen LogP contribution in [0.4, 0.5) is 11.4 Å². The molecule has 0 spiro atoms. The van der Waals surface area contributed by atoms with Gasteiger partial charge in [0.05, 0.1) is 0 Å². The standard InChI is InChI=1S/C23H17N3O2/c27-22-12-8-17-15-20(10-11-21(17)26-22)25-23(28)18-5-3-4-16(14-18)7-9-19-6-1-2-13-24-19/h1-6,10-11,13-15H,8,12H2,(H,25,28)(H,26,27). The number of nitrogens with one attached hydrogen (secondary N) is 2. The Balaban J connectivity index is 1.50. The van der Waals surface area contributed by atoms with Gasteiger partial charge < -0.3 is 10.6 Å². The van der Waals surface area contributed by atoms with Gasteiger partial charge in [-0.15, -0.1) is 0 Å². The van der Waals surface area contributed by atoms with Crippen molar-refractivity contribution in [1.82, 2.24) is 4.98 Å². The van der Waals surface area contributed by atoms with E-state index in [1.807, 2.05) is 36.4 Å². The third kappa shape index (κ3) is 4.08. The van der Waals surface area contributed by atoms with E-state index in [0.29, 0.717) is 29.8 Å². The summed E-state index contributed by atoms with van der Waals surface area (Å²) in [5.74, 6) is 5.83. The molecule has 28 heavy (non-hydrogen) atoms. The number of carbonyl (C=O) groups excluding carboxylic acids is 2. The second-order valence-electron chi connectivity index (χ2n) is 6.42. The SMILES string of the molecule is O=C1CCc2cc(NC(=O)c3cccc(C#Cc4ccccn4)c3)ccc2N1. The number of fused-ring (bicyclic) bond motifs is 1.